The molecule has 6 nitrogen and oxygen atoms in total. The molecule has 5 atom stereocenters. The molecule has 1 aromatic carbocycles. The quantitative estimate of drug-likeness (QED) is 0.626. The van der Waals surface area contributed by atoms with E-state index in [-0.39, 0.29) is 0 Å². The van der Waals surface area contributed by atoms with E-state index in [2.05, 4.69) is 0 Å². The van der Waals surface area contributed by atoms with Crippen molar-refractivity contribution in [2.75, 3.05) is 6.61 Å². The predicted octanol–water partition coefficient (Wildman–Crippen LogP) is 0.0535. The molecule has 0 aromatic heterocycles. The summed E-state index contributed by atoms with van der Waals surface area (Å²) in [5.41, 5.74) is 1.83. The van der Waals surface area contributed by atoms with E-state index in [1.165, 1.54) is 0 Å². The van der Waals surface area contributed by atoms with Crippen molar-refractivity contribution in [2.24, 2.45) is 0 Å². The van der Waals surface area contributed by atoms with Gasteiger partial charge in [0.1, 0.15) is 30.2 Å². The van der Waals surface area contributed by atoms with Gasteiger partial charge in [-0.25, -0.2) is 0 Å². The van der Waals surface area contributed by atoms with E-state index < -0.39 is 37.3 Å². The van der Waals surface area contributed by atoms with Crippen molar-refractivity contribution in [3.63, 3.8) is 0 Å². The molecule has 0 spiro atoms. The summed E-state index contributed by atoms with van der Waals surface area (Å²) in [6, 6.07) is 5.37. The first kappa shape index (κ1) is 15.7. The highest BCUT2D eigenvalue weighted by Gasteiger charge is 2.45. The number of rotatable bonds is 3. The Morgan fingerprint density at radius 2 is 1.95 bits per heavy atom. The van der Waals surface area contributed by atoms with Gasteiger partial charge < -0.3 is 29.9 Å². The van der Waals surface area contributed by atoms with Crippen LogP contribution in [-0.4, -0.2) is 57.7 Å². The molecule has 120 valence electrons. The van der Waals surface area contributed by atoms with E-state index in [4.69, 9.17) is 26.2 Å². The van der Waals surface area contributed by atoms with Crippen LogP contribution in [0.25, 0.3) is 5.76 Å². The van der Waals surface area contributed by atoms with Crippen molar-refractivity contribution in [1.29, 1.82) is 0 Å². The summed E-state index contributed by atoms with van der Waals surface area (Å²) in [5, 5.41) is 39.3. The Labute approximate surface area is 132 Å². The molecule has 7 heteroatoms. The van der Waals surface area contributed by atoms with Crippen LogP contribution in [0.5, 0.6) is 0 Å². The smallest absolute Gasteiger partial charge is 0.229 e. The summed E-state index contributed by atoms with van der Waals surface area (Å²) in [5.74, 6) is 0.510. The first-order chi connectivity index (χ1) is 10.5. The number of fused-ring (bicyclic) bond motifs is 1. The zero-order chi connectivity index (χ0) is 15.9. The Morgan fingerprint density at radius 3 is 2.68 bits per heavy atom. The van der Waals surface area contributed by atoms with Gasteiger partial charge in [-0.2, -0.15) is 0 Å². The van der Waals surface area contributed by atoms with Crippen LogP contribution < -0.4 is 0 Å². The van der Waals surface area contributed by atoms with Gasteiger partial charge >= 0.3 is 0 Å². The van der Waals surface area contributed by atoms with E-state index in [1.807, 2.05) is 12.1 Å². The maximum absolute atomic E-state index is 9.98. The van der Waals surface area contributed by atoms with Crippen molar-refractivity contribution in [3.05, 3.63) is 40.4 Å². The van der Waals surface area contributed by atoms with Gasteiger partial charge in [-0.3, -0.25) is 0 Å². The highest BCUT2D eigenvalue weighted by molar-refractivity contribution is 6.30. The Hall–Kier alpha value is -1.15. The maximum Gasteiger partial charge on any atom is 0.229 e. The molecule has 3 rings (SSSR count). The van der Waals surface area contributed by atoms with Gasteiger partial charge in [0.15, 0.2) is 0 Å². The number of hydrogen-bond acceptors (Lipinski definition) is 6. The van der Waals surface area contributed by atoms with Gasteiger partial charge in [0.05, 0.1) is 6.61 Å². The largest absolute Gasteiger partial charge is 0.462 e. The van der Waals surface area contributed by atoms with Gasteiger partial charge in [-0.05, 0) is 36.3 Å². The van der Waals surface area contributed by atoms with Crippen LogP contribution >= 0.6 is 11.6 Å². The fraction of sp³-hybridized carbons (Fsp3) is 0.467. The minimum absolute atomic E-state index is 0.490. The average Bonchev–Trinajstić information content (AvgIpc) is 2.90. The molecular formula is C15H17ClO6. The molecule has 1 aliphatic heterocycles. The zero-order valence-corrected chi connectivity index (χ0v) is 12.3. The van der Waals surface area contributed by atoms with Gasteiger partial charge in [-0.1, -0.05) is 11.6 Å². The standard InChI is InChI=1S/C15H17ClO6/c16-8-2-3-9-7(5-8)1-4-10(9)21-15-14(20)13(19)12(18)11(6-17)22-15/h2-5,11-15,17-20H,1,6H2/t11-,12-,13+,14-,15?/m1/s1. The van der Waals surface area contributed by atoms with Gasteiger partial charge in [-0.15, -0.1) is 0 Å². The van der Waals surface area contributed by atoms with Crippen LogP contribution in [0, 0.1) is 0 Å². The number of aliphatic hydroxyl groups is 4. The highest BCUT2D eigenvalue weighted by atomic mass is 35.5. The lowest BCUT2D eigenvalue weighted by Crippen LogP contribution is -2.59. The van der Waals surface area contributed by atoms with Crippen molar-refractivity contribution in [3.8, 4) is 0 Å². The lowest BCUT2D eigenvalue weighted by molar-refractivity contribution is -0.284. The summed E-state index contributed by atoms with van der Waals surface area (Å²) >= 11 is 5.94. The topological polar surface area (TPSA) is 99.4 Å². The normalized spacial score (nSPS) is 34.2. The van der Waals surface area contributed by atoms with Crippen LogP contribution in [0.15, 0.2) is 24.3 Å². The Morgan fingerprint density at radius 1 is 1.18 bits per heavy atom. The molecule has 1 heterocycles. The highest BCUT2D eigenvalue weighted by Crippen LogP contribution is 2.33. The van der Waals surface area contributed by atoms with E-state index >= 15 is 0 Å². The summed E-state index contributed by atoms with van der Waals surface area (Å²) < 4.78 is 11.0. The van der Waals surface area contributed by atoms with Gasteiger partial charge in [0.2, 0.25) is 6.29 Å². The number of allylic oxidation sites excluding steroid dienone is 1. The second-order valence-electron chi connectivity index (χ2n) is 5.39. The van der Waals surface area contributed by atoms with E-state index in [1.54, 1.807) is 12.1 Å². The molecule has 0 radical (unpaired) electrons. The van der Waals surface area contributed by atoms with Crippen LogP contribution in [0.4, 0.5) is 0 Å². The monoisotopic (exact) mass is 328 g/mol. The number of benzene rings is 1. The second kappa shape index (κ2) is 6.16. The molecule has 4 N–H and O–H groups in total. The van der Waals surface area contributed by atoms with Crippen molar-refractivity contribution in [1.82, 2.24) is 0 Å². The molecule has 22 heavy (non-hydrogen) atoms. The summed E-state index contributed by atoms with van der Waals surface area (Å²) in [4.78, 5) is 0. The van der Waals surface area contributed by atoms with Crippen LogP contribution in [-0.2, 0) is 15.9 Å². The molecule has 0 saturated carbocycles. The molecule has 0 amide bonds. The average molecular weight is 329 g/mol. The third-order valence-corrected chi connectivity index (χ3v) is 4.17. The summed E-state index contributed by atoms with van der Waals surface area (Å²) in [7, 11) is 0. The molecule has 1 unspecified atom stereocenters. The summed E-state index contributed by atoms with van der Waals surface area (Å²) in [6.07, 6.45) is -3.98. The third-order valence-electron chi connectivity index (χ3n) is 3.93. The van der Waals surface area contributed by atoms with Gasteiger partial charge in [0.25, 0.3) is 0 Å². The number of hydrogen-bond donors (Lipinski definition) is 4. The van der Waals surface area contributed by atoms with E-state index in [0.717, 1.165) is 11.1 Å². The molecular weight excluding hydrogens is 312 g/mol. The first-order valence-electron chi connectivity index (χ1n) is 6.97. The number of aliphatic hydroxyl groups excluding tert-OH is 4. The van der Waals surface area contributed by atoms with Crippen LogP contribution in [0.2, 0.25) is 5.02 Å². The van der Waals surface area contributed by atoms with E-state index in [0.29, 0.717) is 17.2 Å². The maximum atomic E-state index is 9.98. The first-order valence-corrected chi connectivity index (χ1v) is 7.35. The lowest BCUT2D eigenvalue weighted by Gasteiger charge is -2.39. The van der Waals surface area contributed by atoms with Gasteiger partial charge in [0, 0.05) is 10.6 Å². The Bertz CT molecular complexity index is 587. The molecule has 0 bridgehead atoms. The molecule has 1 saturated heterocycles. The lowest BCUT2D eigenvalue weighted by atomic mass is 9.99. The number of ether oxygens (including phenoxy) is 2. The molecule has 1 fully saturated rings. The van der Waals surface area contributed by atoms with Crippen molar-refractivity contribution >= 4 is 17.4 Å². The Balaban J connectivity index is 1.77. The van der Waals surface area contributed by atoms with Crippen molar-refractivity contribution < 1.29 is 29.9 Å². The molecule has 2 aliphatic rings. The predicted molar refractivity (Wildman–Crippen MR) is 78.0 cm³/mol. The molecule has 1 aliphatic carbocycles. The third kappa shape index (κ3) is 2.74. The fourth-order valence-electron chi connectivity index (χ4n) is 2.69. The second-order valence-corrected chi connectivity index (χ2v) is 5.83. The minimum Gasteiger partial charge on any atom is -0.462 e. The molecule has 1 aromatic rings. The fourth-order valence-corrected chi connectivity index (χ4v) is 2.88. The van der Waals surface area contributed by atoms with Crippen LogP contribution in [0.3, 0.4) is 0 Å². The zero-order valence-electron chi connectivity index (χ0n) is 11.6. The Kier molecular flexibility index (Phi) is 4.40. The van der Waals surface area contributed by atoms with E-state index in [9.17, 15) is 15.3 Å². The SMILES string of the molecule is OC[C@H]1OC(OC2=CCc3cc(Cl)ccc32)[C@H](O)[C@@H](O)[C@@H]1O. The summed E-state index contributed by atoms with van der Waals surface area (Å²) in [6.45, 7) is -0.490. The minimum atomic E-state index is -1.46. The number of halogens is 1. The van der Waals surface area contributed by atoms with Crippen LogP contribution in [0.1, 0.15) is 11.1 Å². The van der Waals surface area contributed by atoms with Crippen molar-refractivity contribution in [2.45, 2.75) is 37.1 Å².